The third-order valence-electron chi connectivity index (χ3n) is 5.47. The lowest BCUT2D eigenvalue weighted by Crippen LogP contribution is -2.47. The molecular weight excluding hydrogens is 388 g/mol. The molecule has 1 aliphatic heterocycles. The minimum atomic E-state index is -3.70. The zero-order chi connectivity index (χ0) is 19.4. The van der Waals surface area contributed by atoms with Crippen molar-refractivity contribution in [3.63, 3.8) is 0 Å². The number of piperidine rings is 1. The lowest BCUT2D eigenvalue weighted by Gasteiger charge is -2.32. The fraction of sp³-hybridized carbons (Fsp3) is 0.632. The topological polar surface area (TPSA) is 75.7 Å². The Morgan fingerprint density at radius 3 is 2.59 bits per heavy atom. The molecule has 1 atom stereocenters. The summed E-state index contributed by atoms with van der Waals surface area (Å²) < 4.78 is 32.5. The molecule has 0 radical (unpaired) electrons. The van der Waals surface area contributed by atoms with Crippen molar-refractivity contribution in [2.24, 2.45) is 5.92 Å². The van der Waals surface area contributed by atoms with Gasteiger partial charge >= 0.3 is 0 Å². The predicted molar refractivity (Wildman–Crippen MR) is 105 cm³/mol. The Morgan fingerprint density at radius 1 is 1.19 bits per heavy atom. The summed E-state index contributed by atoms with van der Waals surface area (Å²) >= 11 is 6.09. The van der Waals surface area contributed by atoms with Crippen LogP contribution in [-0.2, 0) is 14.8 Å². The fourth-order valence-electron chi connectivity index (χ4n) is 3.90. The Bertz CT molecular complexity index is 778. The fourth-order valence-corrected chi connectivity index (χ4v) is 5.77. The van der Waals surface area contributed by atoms with E-state index in [0.29, 0.717) is 25.1 Å². The Morgan fingerprint density at radius 2 is 1.93 bits per heavy atom. The predicted octanol–water partition coefficient (Wildman–Crippen LogP) is 3.20. The number of sulfonamides is 1. The molecule has 1 aliphatic carbocycles. The maximum absolute atomic E-state index is 13.0. The van der Waals surface area contributed by atoms with Gasteiger partial charge in [0.1, 0.15) is 5.75 Å². The van der Waals surface area contributed by atoms with Gasteiger partial charge in [-0.25, -0.2) is 8.42 Å². The molecule has 8 heteroatoms. The summed E-state index contributed by atoms with van der Waals surface area (Å²) in [5.41, 5.74) is 0. The summed E-state index contributed by atoms with van der Waals surface area (Å²) in [7, 11) is -2.21. The second kappa shape index (κ2) is 8.80. The quantitative estimate of drug-likeness (QED) is 0.802. The van der Waals surface area contributed by atoms with Crippen LogP contribution < -0.4 is 10.1 Å². The number of carbonyl (C=O) groups excluding carboxylic acids is 1. The van der Waals surface area contributed by atoms with Crippen molar-refractivity contribution in [3.8, 4) is 5.75 Å². The molecule has 0 aromatic heterocycles. The number of halogens is 1. The minimum Gasteiger partial charge on any atom is -0.495 e. The molecule has 2 fully saturated rings. The van der Waals surface area contributed by atoms with Gasteiger partial charge in [-0.2, -0.15) is 4.31 Å². The first-order valence-corrected chi connectivity index (χ1v) is 11.4. The molecule has 3 rings (SSSR count). The second-order valence-corrected chi connectivity index (χ2v) is 9.69. The summed E-state index contributed by atoms with van der Waals surface area (Å²) in [6.07, 6.45) is 6.95. The van der Waals surface area contributed by atoms with Crippen LogP contribution in [0.4, 0.5) is 0 Å². The first kappa shape index (κ1) is 20.4. The molecule has 27 heavy (non-hydrogen) atoms. The van der Waals surface area contributed by atoms with Gasteiger partial charge in [-0.15, -0.1) is 0 Å². The van der Waals surface area contributed by atoms with E-state index in [1.165, 1.54) is 30.0 Å². The number of methoxy groups -OCH3 is 1. The number of nitrogens with zero attached hydrogens (tertiary/aromatic N) is 1. The molecule has 0 bridgehead atoms. The van der Waals surface area contributed by atoms with Crippen molar-refractivity contribution in [2.45, 2.75) is 55.9 Å². The normalized spacial score (nSPS) is 22.4. The van der Waals surface area contributed by atoms with Gasteiger partial charge in [0.15, 0.2) is 0 Å². The number of ether oxygens (including phenoxy) is 1. The van der Waals surface area contributed by atoms with Gasteiger partial charge in [-0.3, -0.25) is 4.79 Å². The van der Waals surface area contributed by atoms with Crippen LogP contribution in [0.3, 0.4) is 0 Å². The molecule has 6 nitrogen and oxygen atoms in total. The Labute approximate surface area is 166 Å². The van der Waals surface area contributed by atoms with E-state index in [9.17, 15) is 13.2 Å². The molecule has 1 amide bonds. The number of hydrogen-bond acceptors (Lipinski definition) is 4. The van der Waals surface area contributed by atoms with Gasteiger partial charge < -0.3 is 10.1 Å². The van der Waals surface area contributed by atoms with Crippen molar-refractivity contribution in [1.82, 2.24) is 9.62 Å². The highest BCUT2D eigenvalue weighted by atomic mass is 35.5. The molecule has 1 saturated heterocycles. The van der Waals surface area contributed by atoms with E-state index in [2.05, 4.69) is 5.32 Å². The summed E-state index contributed by atoms with van der Waals surface area (Å²) in [5, 5.41) is 3.38. The molecule has 150 valence electrons. The zero-order valence-corrected chi connectivity index (χ0v) is 17.2. The summed E-state index contributed by atoms with van der Waals surface area (Å²) in [6, 6.07) is 4.68. The van der Waals surface area contributed by atoms with Gasteiger partial charge in [-0.1, -0.05) is 30.9 Å². The number of benzene rings is 1. The van der Waals surface area contributed by atoms with Crippen LogP contribution in [0, 0.1) is 5.92 Å². The highest BCUT2D eigenvalue weighted by molar-refractivity contribution is 7.89. The van der Waals surface area contributed by atoms with Gasteiger partial charge in [-0.05, 0) is 43.9 Å². The maximum atomic E-state index is 13.0. The summed E-state index contributed by atoms with van der Waals surface area (Å²) in [4.78, 5) is 12.8. The van der Waals surface area contributed by atoms with E-state index >= 15 is 0 Å². The molecule has 1 heterocycles. The second-order valence-electron chi connectivity index (χ2n) is 7.34. The molecule has 1 aromatic carbocycles. The van der Waals surface area contributed by atoms with Crippen molar-refractivity contribution in [2.75, 3.05) is 20.2 Å². The lowest BCUT2D eigenvalue weighted by molar-refractivity contribution is -0.127. The van der Waals surface area contributed by atoms with Gasteiger partial charge in [0.25, 0.3) is 0 Å². The van der Waals surface area contributed by atoms with Crippen LogP contribution in [0.5, 0.6) is 5.75 Å². The summed E-state index contributed by atoms with van der Waals surface area (Å²) in [6.45, 7) is 0.629. The third kappa shape index (κ3) is 4.76. The number of hydrogen-bond donors (Lipinski definition) is 1. The highest BCUT2D eigenvalue weighted by Gasteiger charge is 2.34. The van der Waals surface area contributed by atoms with Crippen molar-refractivity contribution >= 4 is 27.5 Å². The lowest BCUT2D eigenvalue weighted by atomic mass is 9.93. The zero-order valence-electron chi connectivity index (χ0n) is 15.6. The van der Waals surface area contributed by atoms with E-state index in [4.69, 9.17) is 16.3 Å². The first-order valence-electron chi connectivity index (χ1n) is 9.56. The largest absolute Gasteiger partial charge is 0.495 e. The smallest absolute Gasteiger partial charge is 0.243 e. The number of rotatable bonds is 5. The van der Waals surface area contributed by atoms with E-state index in [0.717, 1.165) is 25.7 Å². The van der Waals surface area contributed by atoms with Crippen molar-refractivity contribution in [1.29, 1.82) is 0 Å². The number of carbonyl (C=O) groups is 1. The van der Waals surface area contributed by atoms with Crippen LogP contribution >= 0.6 is 11.6 Å². The van der Waals surface area contributed by atoms with Crippen LogP contribution in [0.1, 0.15) is 44.9 Å². The van der Waals surface area contributed by atoms with Crippen molar-refractivity contribution < 1.29 is 17.9 Å². The van der Waals surface area contributed by atoms with E-state index in [1.54, 1.807) is 6.07 Å². The number of nitrogens with one attached hydrogen (secondary N) is 1. The minimum absolute atomic E-state index is 0.0189. The van der Waals surface area contributed by atoms with Crippen LogP contribution in [-0.4, -0.2) is 44.9 Å². The molecule has 2 aliphatic rings. The number of amides is 1. The van der Waals surface area contributed by atoms with Gasteiger partial charge in [0, 0.05) is 19.1 Å². The summed E-state index contributed by atoms with van der Waals surface area (Å²) in [5.74, 6) is 0.109. The van der Waals surface area contributed by atoms with Crippen molar-refractivity contribution in [3.05, 3.63) is 23.2 Å². The van der Waals surface area contributed by atoms with Crippen LogP contribution in [0.2, 0.25) is 5.02 Å². The highest BCUT2D eigenvalue weighted by Crippen LogP contribution is 2.30. The molecule has 1 N–H and O–H groups in total. The molecule has 1 aromatic rings. The van der Waals surface area contributed by atoms with Crippen LogP contribution in [0.15, 0.2) is 23.1 Å². The van der Waals surface area contributed by atoms with E-state index < -0.39 is 10.0 Å². The average Bonchev–Trinajstić information content (AvgIpc) is 2.68. The molecular formula is C19H27ClN2O4S. The standard InChI is InChI=1S/C19H27ClN2O4S/c1-26-18-10-9-16(12-17(18)20)27(24,25)22-11-5-6-14(13-22)19(23)21-15-7-3-2-4-8-15/h9-10,12,14-15H,2-8,11,13H2,1H3,(H,21,23). The Hall–Kier alpha value is -1.31. The van der Waals surface area contributed by atoms with E-state index in [-0.39, 0.29) is 34.3 Å². The monoisotopic (exact) mass is 414 g/mol. The van der Waals surface area contributed by atoms with Crippen LogP contribution in [0.25, 0.3) is 0 Å². The first-order chi connectivity index (χ1) is 12.9. The molecule has 1 saturated carbocycles. The Balaban J connectivity index is 1.69. The maximum Gasteiger partial charge on any atom is 0.243 e. The SMILES string of the molecule is COc1ccc(S(=O)(=O)N2CCCC(C(=O)NC3CCCCC3)C2)cc1Cl. The van der Waals surface area contributed by atoms with E-state index in [1.807, 2.05) is 0 Å². The average molecular weight is 415 g/mol. The van der Waals surface area contributed by atoms with Gasteiger partial charge in [0.05, 0.1) is 22.9 Å². The third-order valence-corrected chi connectivity index (χ3v) is 7.62. The molecule has 0 spiro atoms. The van der Waals surface area contributed by atoms with Gasteiger partial charge in [0.2, 0.25) is 15.9 Å². The molecule has 1 unspecified atom stereocenters. The Kier molecular flexibility index (Phi) is 6.65.